The summed E-state index contributed by atoms with van der Waals surface area (Å²) in [5.41, 5.74) is 5.48. The summed E-state index contributed by atoms with van der Waals surface area (Å²) in [6.07, 6.45) is 0. The molecule has 0 saturated heterocycles. The summed E-state index contributed by atoms with van der Waals surface area (Å²) >= 11 is 1.36. The van der Waals surface area contributed by atoms with Gasteiger partial charge in [0.15, 0.2) is 5.03 Å². The van der Waals surface area contributed by atoms with Crippen LogP contribution < -0.4 is 5.73 Å². The van der Waals surface area contributed by atoms with Crippen LogP contribution in [0.3, 0.4) is 0 Å². The van der Waals surface area contributed by atoms with Crippen molar-refractivity contribution in [1.82, 2.24) is 10.3 Å². The Morgan fingerprint density at radius 2 is 2.45 bits per heavy atom. The van der Waals surface area contributed by atoms with Gasteiger partial charge in [-0.1, -0.05) is 11.8 Å². The standard InChI is InChI=1S/C5H6N4OS/c6-1-2-11-5-4(3-7)8-10-9-5/h1-2,6H2. The zero-order chi connectivity index (χ0) is 8.10. The van der Waals surface area contributed by atoms with E-state index in [0.29, 0.717) is 17.3 Å². The van der Waals surface area contributed by atoms with E-state index in [4.69, 9.17) is 11.0 Å². The van der Waals surface area contributed by atoms with E-state index >= 15 is 0 Å². The molecular formula is C5H6N4OS. The van der Waals surface area contributed by atoms with E-state index in [9.17, 15) is 0 Å². The van der Waals surface area contributed by atoms with Crippen molar-refractivity contribution in [2.45, 2.75) is 5.03 Å². The SMILES string of the molecule is N#Cc1nonc1SCCN. The average Bonchev–Trinajstić information content (AvgIpc) is 2.47. The normalized spacial score (nSPS) is 9.45. The van der Waals surface area contributed by atoms with E-state index in [1.807, 2.05) is 6.07 Å². The molecular weight excluding hydrogens is 164 g/mol. The number of nitriles is 1. The van der Waals surface area contributed by atoms with Crippen LogP contribution in [0.25, 0.3) is 0 Å². The molecule has 0 fully saturated rings. The minimum absolute atomic E-state index is 0.225. The maximum Gasteiger partial charge on any atom is 0.218 e. The van der Waals surface area contributed by atoms with Crippen LogP contribution in [0.2, 0.25) is 0 Å². The molecule has 0 aromatic carbocycles. The molecule has 1 aromatic heterocycles. The Bertz CT molecular complexity index is 266. The van der Waals surface area contributed by atoms with Crippen LogP contribution in [0, 0.1) is 11.3 Å². The second-order valence-electron chi connectivity index (χ2n) is 1.67. The maximum atomic E-state index is 8.45. The second kappa shape index (κ2) is 3.95. The largest absolute Gasteiger partial charge is 0.330 e. The number of nitrogens with zero attached hydrogens (tertiary/aromatic N) is 3. The van der Waals surface area contributed by atoms with Crippen molar-refractivity contribution in [2.75, 3.05) is 12.3 Å². The lowest BCUT2D eigenvalue weighted by Crippen LogP contribution is -2.01. The molecule has 5 nitrogen and oxygen atoms in total. The van der Waals surface area contributed by atoms with Crippen LogP contribution in [-0.4, -0.2) is 22.6 Å². The van der Waals surface area contributed by atoms with Crippen LogP contribution in [0.15, 0.2) is 9.65 Å². The van der Waals surface area contributed by atoms with Crippen molar-refractivity contribution in [3.8, 4) is 6.07 Å². The first kappa shape index (κ1) is 8.04. The highest BCUT2D eigenvalue weighted by molar-refractivity contribution is 7.99. The topological polar surface area (TPSA) is 88.7 Å². The molecule has 0 bridgehead atoms. The molecule has 0 saturated carbocycles. The second-order valence-corrected chi connectivity index (χ2v) is 2.75. The minimum Gasteiger partial charge on any atom is -0.330 e. The first-order valence-electron chi connectivity index (χ1n) is 2.94. The Balaban J connectivity index is 2.63. The zero-order valence-electron chi connectivity index (χ0n) is 5.65. The van der Waals surface area contributed by atoms with Gasteiger partial charge in [-0.3, -0.25) is 0 Å². The molecule has 0 unspecified atom stereocenters. The Morgan fingerprint density at radius 1 is 1.64 bits per heavy atom. The predicted octanol–water partition coefficient (Wildman–Crippen LogP) is -0.00792. The van der Waals surface area contributed by atoms with Gasteiger partial charge in [0.2, 0.25) is 5.69 Å². The van der Waals surface area contributed by atoms with Gasteiger partial charge < -0.3 is 5.73 Å². The van der Waals surface area contributed by atoms with Gasteiger partial charge in [0.25, 0.3) is 0 Å². The monoisotopic (exact) mass is 170 g/mol. The van der Waals surface area contributed by atoms with Gasteiger partial charge >= 0.3 is 0 Å². The third-order valence-electron chi connectivity index (χ3n) is 0.921. The lowest BCUT2D eigenvalue weighted by Gasteiger charge is -1.89. The molecule has 1 rings (SSSR count). The van der Waals surface area contributed by atoms with Gasteiger partial charge in [-0.15, -0.1) is 0 Å². The molecule has 0 amide bonds. The molecule has 0 aliphatic heterocycles. The van der Waals surface area contributed by atoms with Crippen LogP contribution in [0.5, 0.6) is 0 Å². The highest BCUT2D eigenvalue weighted by atomic mass is 32.2. The van der Waals surface area contributed by atoms with Gasteiger partial charge in [0, 0.05) is 12.3 Å². The number of thioether (sulfide) groups is 1. The van der Waals surface area contributed by atoms with Gasteiger partial charge in [-0.05, 0) is 10.3 Å². The zero-order valence-corrected chi connectivity index (χ0v) is 6.47. The molecule has 1 aromatic rings. The van der Waals surface area contributed by atoms with Crippen molar-refractivity contribution in [3.05, 3.63) is 5.69 Å². The molecule has 58 valence electrons. The fourth-order valence-electron chi connectivity index (χ4n) is 0.499. The van der Waals surface area contributed by atoms with E-state index in [0.717, 1.165) is 0 Å². The summed E-state index contributed by atoms with van der Waals surface area (Å²) < 4.78 is 4.35. The van der Waals surface area contributed by atoms with Crippen LogP contribution in [-0.2, 0) is 0 Å². The molecule has 0 radical (unpaired) electrons. The highest BCUT2D eigenvalue weighted by Crippen LogP contribution is 2.16. The molecule has 2 N–H and O–H groups in total. The lowest BCUT2D eigenvalue weighted by atomic mass is 10.5. The van der Waals surface area contributed by atoms with Crippen molar-refractivity contribution in [1.29, 1.82) is 5.26 Å². The molecule has 0 spiro atoms. The number of hydrogen-bond acceptors (Lipinski definition) is 6. The smallest absolute Gasteiger partial charge is 0.218 e. The fraction of sp³-hybridized carbons (Fsp3) is 0.400. The van der Waals surface area contributed by atoms with E-state index < -0.39 is 0 Å². The highest BCUT2D eigenvalue weighted by Gasteiger charge is 2.07. The molecule has 6 heteroatoms. The summed E-state index contributed by atoms with van der Waals surface area (Å²) in [7, 11) is 0. The van der Waals surface area contributed by atoms with Crippen molar-refractivity contribution < 1.29 is 4.63 Å². The third-order valence-corrected chi connectivity index (χ3v) is 1.90. The maximum absolute atomic E-state index is 8.45. The number of rotatable bonds is 3. The quantitative estimate of drug-likeness (QED) is 0.642. The Morgan fingerprint density at radius 3 is 3.09 bits per heavy atom. The van der Waals surface area contributed by atoms with Crippen LogP contribution in [0.1, 0.15) is 5.69 Å². The summed E-state index contributed by atoms with van der Waals surface area (Å²) in [5.74, 6) is 0.711. The van der Waals surface area contributed by atoms with E-state index in [1.54, 1.807) is 0 Å². The summed E-state index contributed by atoms with van der Waals surface area (Å²) in [4.78, 5) is 0. The number of aromatic nitrogens is 2. The first-order chi connectivity index (χ1) is 5.38. The van der Waals surface area contributed by atoms with E-state index in [-0.39, 0.29) is 5.69 Å². The molecule has 1 heterocycles. The van der Waals surface area contributed by atoms with E-state index in [2.05, 4.69) is 14.9 Å². The van der Waals surface area contributed by atoms with Gasteiger partial charge in [0.05, 0.1) is 0 Å². The van der Waals surface area contributed by atoms with Crippen LogP contribution >= 0.6 is 11.8 Å². The molecule has 0 aliphatic rings. The third kappa shape index (κ3) is 1.93. The Labute approximate surface area is 67.5 Å². The summed E-state index contributed by atoms with van der Waals surface area (Å²) in [5, 5.41) is 15.9. The molecule has 0 atom stereocenters. The molecule has 11 heavy (non-hydrogen) atoms. The van der Waals surface area contributed by atoms with Gasteiger partial charge in [0.1, 0.15) is 6.07 Å². The van der Waals surface area contributed by atoms with E-state index in [1.165, 1.54) is 11.8 Å². The number of hydrogen-bond donors (Lipinski definition) is 1. The molecule has 0 aliphatic carbocycles. The first-order valence-corrected chi connectivity index (χ1v) is 3.92. The van der Waals surface area contributed by atoms with Gasteiger partial charge in [-0.25, -0.2) is 4.63 Å². The predicted molar refractivity (Wildman–Crippen MR) is 38.8 cm³/mol. The Hall–Kier alpha value is -1.06. The lowest BCUT2D eigenvalue weighted by molar-refractivity contribution is 0.298. The van der Waals surface area contributed by atoms with Crippen molar-refractivity contribution >= 4 is 11.8 Å². The van der Waals surface area contributed by atoms with Crippen LogP contribution in [0.4, 0.5) is 0 Å². The minimum atomic E-state index is 0.225. The Kier molecular flexibility index (Phi) is 2.89. The number of nitrogens with two attached hydrogens (primary N) is 1. The van der Waals surface area contributed by atoms with Crippen molar-refractivity contribution in [2.24, 2.45) is 5.73 Å². The van der Waals surface area contributed by atoms with Gasteiger partial charge in [-0.2, -0.15) is 5.26 Å². The summed E-state index contributed by atoms with van der Waals surface area (Å²) in [6, 6.07) is 1.86. The summed E-state index contributed by atoms with van der Waals surface area (Å²) in [6.45, 7) is 0.544. The average molecular weight is 170 g/mol. The van der Waals surface area contributed by atoms with Crippen molar-refractivity contribution in [3.63, 3.8) is 0 Å². The fourth-order valence-corrected chi connectivity index (χ4v) is 1.12.